The molecule has 10 heteroatoms. The molecular formula is C17H25N3O6S. The normalized spacial score (nSPS) is 15.3. The molecule has 150 valence electrons. The SMILES string of the molecule is COc1ccc(OC)c(NC(=O)CCC(=O)N2CCN(S(C)(=O)=O)CC2)c1. The molecule has 0 radical (unpaired) electrons. The average molecular weight is 399 g/mol. The molecule has 1 heterocycles. The summed E-state index contributed by atoms with van der Waals surface area (Å²) in [5.74, 6) is 0.582. The Morgan fingerprint density at radius 3 is 2.30 bits per heavy atom. The van der Waals surface area contributed by atoms with Crippen LogP contribution >= 0.6 is 0 Å². The first kappa shape index (κ1) is 21.0. The van der Waals surface area contributed by atoms with Crippen molar-refractivity contribution in [1.29, 1.82) is 0 Å². The maximum Gasteiger partial charge on any atom is 0.224 e. The van der Waals surface area contributed by atoms with Crippen LogP contribution < -0.4 is 14.8 Å². The highest BCUT2D eigenvalue weighted by atomic mass is 32.2. The van der Waals surface area contributed by atoms with E-state index in [9.17, 15) is 18.0 Å². The zero-order chi connectivity index (χ0) is 20.0. The van der Waals surface area contributed by atoms with E-state index in [1.165, 1.54) is 18.5 Å². The quantitative estimate of drug-likeness (QED) is 0.717. The van der Waals surface area contributed by atoms with E-state index in [-0.39, 0.29) is 37.7 Å². The van der Waals surface area contributed by atoms with Gasteiger partial charge in [-0.2, -0.15) is 4.31 Å². The van der Waals surface area contributed by atoms with E-state index in [2.05, 4.69) is 5.32 Å². The molecule has 1 saturated heterocycles. The highest BCUT2D eigenvalue weighted by molar-refractivity contribution is 7.88. The van der Waals surface area contributed by atoms with Crippen LogP contribution in [0.1, 0.15) is 12.8 Å². The number of piperazine rings is 1. The van der Waals surface area contributed by atoms with Crippen molar-refractivity contribution in [3.63, 3.8) is 0 Å². The fraction of sp³-hybridized carbons (Fsp3) is 0.529. The summed E-state index contributed by atoms with van der Waals surface area (Å²) >= 11 is 0. The van der Waals surface area contributed by atoms with E-state index in [0.717, 1.165) is 6.26 Å². The fourth-order valence-electron chi connectivity index (χ4n) is 2.77. The number of carbonyl (C=O) groups is 2. The van der Waals surface area contributed by atoms with Crippen molar-refractivity contribution in [3.8, 4) is 11.5 Å². The molecule has 0 unspecified atom stereocenters. The van der Waals surface area contributed by atoms with Crippen LogP contribution in [0.25, 0.3) is 0 Å². The number of carbonyl (C=O) groups excluding carboxylic acids is 2. The molecular weight excluding hydrogens is 374 g/mol. The molecule has 0 aromatic heterocycles. The summed E-state index contributed by atoms with van der Waals surface area (Å²) in [6.07, 6.45) is 1.23. The van der Waals surface area contributed by atoms with E-state index in [4.69, 9.17) is 9.47 Å². The summed E-state index contributed by atoms with van der Waals surface area (Å²) in [5, 5.41) is 2.72. The molecule has 1 aliphatic rings. The molecule has 27 heavy (non-hydrogen) atoms. The van der Waals surface area contributed by atoms with E-state index in [0.29, 0.717) is 30.3 Å². The minimum Gasteiger partial charge on any atom is -0.497 e. The van der Waals surface area contributed by atoms with Crippen LogP contribution in [0.15, 0.2) is 18.2 Å². The van der Waals surface area contributed by atoms with Crippen molar-refractivity contribution in [3.05, 3.63) is 18.2 Å². The van der Waals surface area contributed by atoms with Crippen molar-refractivity contribution in [2.24, 2.45) is 0 Å². The molecule has 1 N–H and O–H groups in total. The average Bonchev–Trinajstić information content (AvgIpc) is 2.65. The molecule has 1 fully saturated rings. The summed E-state index contributed by atoms with van der Waals surface area (Å²) in [5.41, 5.74) is 0.469. The minimum atomic E-state index is -3.24. The third kappa shape index (κ3) is 5.83. The first-order valence-electron chi connectivity index (χ1n) is 8.49. The first-order valence-corrected chi connectivity index (χ1v) is 10.3. The van der Waals surface area contributed by atoms with Crippen LogP contribution in [0.4, 0.5) is 5.69 Å². The molecule has 1 aromatic rings. The van der Waals surface area contributed by atoms with Crippen LogP contribution in [0.2, 0.25) is 0 Å². The smallest absolute Gasteiger partial charge is 0.224 e. The van der Waals surface area contributed by atoms with Gasteiger partial charge in [-0.25, -0.2) is 8.42 Å². The second-order valence-electron chi connectivity index (χ2n) is 6.16. The summed E-state index contributed by atoms with van der Waals surface area (Å²) in [7, 11) is -0.218. The molecule has 0 bridgehead atoms. The Kier molecular flexibility index (Phi) is 7.03. The predicted octanol–water partition coefficient (Wildman–Crippen LogP) is 0.526. The third-order valence-corrected chi connectivity index (χ3v) is 5.61. The molecule has 0 spiro atoms. The lowest BCUT2D eigenvalue weighted by Crippen LogP contribution is -2.50. The lowest BCUT2D eigenvalue weighted by Gasteiger charge is -2.33. The van der Waals surface area contributed by atoms with Crippen molar-refractivity contribution >= 4 is 27.5 Å². The van der Waals surface area contributed by atoms with E-state index in [1.54, 1.807) is 23.1 Å². The molecule has 0 saturated carbocycles. The van der Waals surface area contributed by atoms with Gasteiger partial charge in [0.2, 0.25) is 21.8 Å². The monoisotopic (exact) mass is 399 g/mol. The van der Waals surface area contributed by atoms with Gasteiger partial charge in [0.25, 0.3) is 0 Å². The van der Waals surface area contributed by atoms with Gasteiger partial charge in [0.15, 0.2) is 0 Å². The third-order valence-electron chi connectivity index (χ3n) is 4.31. The maximum absolute atomic E-state index is 12.3. The highest BCUT2D eigenvalue weighted by Gasteiger charge is 2.26. The Hall–Kier alpha value is -2.33. The Morgan fingerprint density at radius 2 is 1.74 bits per heavy atom. The molecule has 2 amide bonds. The summed E-state index contributed by atoms with van der Waals surface area (Å²) in [4.78, 5) is 26.0. The summed E-state index contributed by atoms with van der Waals surface area (Å²) in [6.45, 7) is 1.21. The molecule has 0 aliphatic carbocycles. The van der Waals surface area contributed by atoms with Gasteiger partial charge in [-0.05, 0) is 12.1 Å². The van der Waals surface area contributed by atoms with E-state index >= 15 is 0 Å². The van der Waals surface area contributed by atoms with Crippen LogP contribution in [0, 0.1) is 0 Å². The van der Waals surface area contributed by atoms with Crippen molar-refractivity contribution in [2.45, 2.75) is 12.8 Å². The number of benzene rings is 1. The van der Waals surface area contributed by atoms with Gasteiger partial charge in [0.1, 0.15) is 11.5 Å². The highest BCUT2D eigenvalue weighted by Crippen LogP contribution is 2.29. The second kappa shape index (κ2) is 9.05. The fourth-order valence-corrected chi connectivity index (χ4v) is 3.60. The number of nitrogens with one attached hydrogen (secondary N) is 1. The van der Waals surface area contributed by atoms with Crippen molar-refractivity contribution < 1.29 is 27.5 Å². The van der Waals surface area contributed by atoms with Crippen molar-refractivity contribution in [1.82, 2.24) is 9.21 Å². The van der Waals surface area contributed by atoms with E-state index in [1.807, 2.05) is 0 Å². The number of hydrogen-bond donors (Lipinski definition) is 1. The Morgan fingerprint density at radius 1 is 1.07 bits per heavy atom. The van der Waals surface area contributed by atoms with Gasteiger partial charge >= 0.3 is 0 Å². The molecule has 1 aliphatic heterocycles. The van der Waals surface area contributed by atoms with Crippen LogP contribution in [-0.2, 0) is 19.6 Å². The molecule has 2 rings (SSSR count). The number of nitrogens with zero attached hydrogens (tertiary/aromatic N) is 2. The van der Waals surface area contributed by atoms with Gasteiger partial charge in [0, 0.05) is 45.1 Å². The number of ether oxygens (including phenoxy) is 2. The summed E-state index contributed by atoms with van der Waals surface area (Å²) < 4.78 is 34.7. The zero-order valence-electron chi connectivity index (χ0n) is 15.7. The standard InChI is InChI=1S/C17H25N3O6S/c1-25-13-4-5-15(26-2)14(12-13)18-16(21)6-7-17(22)19-8-10-20(11-9-19)27(3,23)24/h4-5,12H,6-11H2,1-3H3,(H,18,21). The van der Waals surface area contributed by atoms with Gasteiger partial charge in [-0.15, -0.1) is 0 Å². The number of sulfonamides is 1. The lowest BCUT2D eigenvalue weighted by atomic mass is 10.2. The lowest BCUT2D eigenvalue weighted by molar-refractivity contribution is -0.133. The predicted molar refractivity (Wildman–Crippen MR) is 100 cm³/mol. The maximum atomic E-state index is 12.3. The Bertz CT molecular complexity index is 788. The van der Waals surface area contributed by atoms with Gasteiger partial charge in [0.05, 0.1) is 26.2 Å². The van der Waals surface area contributed by atoms with E-state index < -0.39 is 10.0 Å². The van der Waals surface area contributed by atoms with Gasteiger partial charge in [-0.3, -0.25) is 9.59 Å². The van der Waals surface area contributed by atoms with Crippen LogP contribution in [0.3, 0.4) is 0 Å². The Balaban J connectivity index is 1.85. The number of anilines is 1. The topological polar surface area (TPSA) is 105 Å². The molecule has 9 nitrogen and oxygen atoms in total. The number of rotatable bonds is 7. The summed E-state index contributed by atoms with van der Waals surface area (Å²) in [6, 6.07) is 5.04. The first-order chi connectivity index (χ1) is 12.7. The van der Waals surface area contributed by atoms with Gasteiger partial charge in [-0.1, -0.05) is 0 Å². The van der Waals surface area contributed by atoms with Gasteiger partial charge < -0.3 is 19.7 Å². The molecule has 1 aromatic carbocycles. The number of methoxy groups -OCH3 is 2. The Labute approximate surface area is 159 Å². The molecule has 0 atom stereocenters. The zero-order valence-corrected chi connectivity index (χ0v) is 16.5. The number of amides is 2. The second-order valence-corrected chi connectivity index (χ2v) is 8.14. The van der Waals surface area contributed by atoms with Crippen LogP contribution in [-0.4, -0.2) is 76.1 Å². The van der Waals surface area contributed by atoms with Crippen molar-refractivity contribution in [2.75, 3.05) is 52.0 Å². The van der Waals surface area contributed by atoms with Crippen LogP contribution in [0.5, 0.6) is 11.5 Å². The number of hydrogen-bond acceptors (Lipinski definition) is 6. The minimum absolute atomic E-state index is 0.0193. The largest absolute Gasteiger partial charge is 0.497 e.